The number of nitrogens with one attached hydrogen (secondary N) is 1. The minimum atomic E-state index is 0. The molecule has 0 fully saturated rings. The fraction of sp³-hybridized carbons (Fsp3) is 0.364. The Morgan fingerprint density at radius 3 is 2.25 bits per heavy atom. The van der Waals surface area contributed by atoms with E-state index in [0.29, 0.717) is 12.4 Å². The Labute approximate surface area is 101 Å². The summed E-state index contributed by atoms with van der Waals surface area (Å²) in [5.74, 6) is 1.61. The standard InChI is InChI=1S/C11H15NO3.ClH/c1-3-14-11(12)8-15-10-6-4-9(13-2)5-7-10;/h4-7,12H,3,8H2,1-2H3;1H. The summed E-state index contributed by atoms with van der Waals surface area (Å²) >= 11 is 0. The molecule has 0 aliphatic rings. The zero-order valence-electron chi connectivity index (χ0n) is 9.36. The summed E-state index contributed by atoms with van der Waals surface area (Å²) < 4.78 is 15.3. The Balaban J connectivity index is 0.00000225. The Morgan fingerprint density at radius 2 is 1.75 bits per heavy atom. The van der Waals surface area contributed by atoms with E-state index in [0.717, 1.165) is 5.75 Å². The van der Waals surface area contributed by atoms with Crippen molar-refractivity contribution in [1.29, 1.82) is 5.41 Å². The average Bonchev–Trinajstić information content (AvgIpc) is 2.27. The lowest BCUT2D eigenvalue weighted by molar-refractivity contribution is 0.273. The predicted molar refractivity (Wildman–Crippen MR) is 65.1 cm³/mol. The Kier molecular flexibility index (Phi) is 7.12. The Hall–Kier alpha value is -1.42. The number of methoxy groups -OCH3 is 1. The first-order valence-corrected chi connectivity index (χ1v) is 4.73. The van der Waals surface area contributed by atoms with Gasteiger partial charge in [-0.15, -0.1) is 12.4 Å². The second-order valence-corrected chi connectivity index (χ2v) is 2.82. The van der Waals surface area contributed by atoms with Crippen molar-refractivity contribution in [2.45, 2.75) is 6.92 Å². The summed E-state index contributed by atoms with van der Waals surface area (Å²) in [7, 11) is 1.61. The number of ether oxygens (including phenoxy) is 3. The fourth-order valence-electron chi connectivity index (χ4n) is 1.04. The number of halogens is 1. The van der Waals surface area contributed by atoms with Crippen LogP contribution in [-0.2, 0) is 4.74 Å². The minimum absolute atomic E-state index is 0. The molecule has 5 heteroatoms. The van der Waals surface area contributed by atoms with E-state index in [1.807, 2.05) is 6.92 Å². The van der Waals surface area contributed by atoms with Gasteiger partial charge < -0.3 is 14.2 Å². The monoisotopic (exact) mass is 245 g/mol. The van der Waals surface area contributed by atoms with E-state index in [2.05, 4.69) is 0 Å². The molecule has 0 saturated carbocycles. The van der Waals surface area contributed by atoms with Crippen LogP contribution in [0, 0.1) is 5.41 Å². The summed E-state index contributed by atoms with van der Waals surface area (Å²) in [6, 6.07) is 7.19. The highest BCUT2D eigenvalue weighted by Gasteiger charge is 1.99. The molecule has 0 bridgehead atoms. The molecule has 0 aliphatic carbocycles. The third-order valence-electron chi connectivity index (χ3n) is 1.75. The van der Waals surface area contributed by atoms with E-state index < -0.39 is 0 Å². The van der Waals surface area contributed by atoms with Crippen LogP contribution in [0.1, 0.15) is 6.92 Å². The molecule has 0 radical (unpaired) electrons. The second kappa shape index (κ2) is 7.82. The smallest absolute Gasteiger partial charge is 0.219 e. The summed E-state index contributed by atoms with van der Waals surface area (Å²) in [5, 5.41) is 7.34. The topological polar surface area (TPSA) is 51.5 Å². The highest BCUT2D eigenvalue weighted by atomic mass is 35.5. The highest BCUT2D eigenvalue weighted by molar-refractivity contribution is 5.85. The highest BCUT2D eigenvalue weighted by Crippen LogP contribution is 2.16. The lowest BCUT2D eigenvalue weighted by Gasteiger charge is -2.08. The van der Waals surface area contributed by atoms with Gasteiger partial charge in [-0.2, -0.15) is 0 Å². The first-order valence-electron chi connectivity index (χ1n) is 4.73. The number of hydrogen-bond donors (Lipinski definition) is 1. The molecule has 0 heterocycles. The van der Waals surface area contributed by atoms with Crippen molar-refractivity contribution in [2.24, 2.45) is 0 Å². The third-order valence-corrected chi connectivity index (χ3v) is 1.75. The minimum Gasteiger partial charge on any atom is -0.497 e. The van der Waals surface area contributed by atoms with E-state index in [1.54, 1.807) is 31.4 Å². The maximum Gasteiger partial charge on any atom is 0.219 e. The van der Waals surface area contributed by atoms with Crippen LogP contribution in [0.15, 0.2) is 24.3 Å². The van der Waals surface area contributed by atoms with Crippen molar-refractivity contribution in [3.05, 3.63) is 24.3 Å². The van der Waals surface area contributed by atoms with Gasteiger partial charge in [0.2, 0.25) is 5.90 Å². The lowest BCUT2D eigenvalue weighted by Crippen LogP contribution is -2.13. The first kappa shape index (κ1) is 14.6. The number of rotatable bonds is 5. The van der Waals surface area contributed by atoms with Crippen LogP contribution in [0.3, 0.4) is 0 Å². The summed E-state index contributed by atoms with van der Waals surface area (Å²) in [5.41, 5.74) is 0. The maximum absolute atomic E-state index is 7.34. The van der Waals surface area contributed by atoms with Crippen LogP contribution in [0.5, 0.6) is 11.5 Å². The quantitative estimate of drug-likeness (QED) is 0.641. The zero-order valence-corrected chi connectivity index (χ0v) is 10.2. The van der Waals surface area contributed by atoms with Crippen molar-refractivity contribution >= 4 is 18.3 Å². The SMILES string of the molecule is CCOC(=N)COc1ccc(OC)cc1.Cl. The molecule has 0 unspecified atom stereocenters. The van der Waals surface area contributed by atoms with Crippen LogP contribution < -0.4 is 9.47 Å². The molecule has 1 N–H and O–H groups in total. The van der Waals surface area contributed by atoms with E-state index in [-0.39, 0.29) is 24.9 Å². The van der Waals surface area contributed by atoms with E-state index in [1.165, 1.54) is 0 Å². The normalized spacial score (nSPS) is 8.88. The maximum atomic E-state index is 7.34. The van der Waals surface area contributed by atoms with Gasteiger partial charge in [-0.25, -0.2) is 0 Å². The molecule has 4 nitrogen and oxygen atoms in total. The molecule has 0 amide bonds. The summed E-state index contributed by atoms with van der Waals surface area (Å²) in [6.07, 6.45) is 0. The van der Waals surface area contributed by atoms with Crippen LogP contribution >= 0.6 is 12.4 Å². The average molecular weight is 246 g/mol. The van der Waals surface area contributed by atoms with Gasteiger partial charge in [0.05, 0.1) is 13.7 Å². The molecule has 1 aromatic rings. The van der Waals surface area contributed by atoms with Gasteiger partial charge in [0.25, 0.3) is 0 Å². The molecule has 0 saturated heterocycles. The summed E-state index contributed by atoms with van der Waals surface area (Å²) in [6.45, 7) is 2.48. The number of benzene rings is 1. The van der Waals surface area contributed by atoms with Crippen molar-refractivity contribution in [1.82, 2.24) is 0 Å². The Bertz CT molecular complexity index is 314. The van der Waals surface area contributed by atoms with E-state index in [9.17, 15) is 0 Å². The van der Waals surface area contributed by atoms with Crippen molar-refractivity contribution < 1.29 is 14.2 Å². The Morgan fingerprint density at radius 1 is 1.19 bits per heavy atom. The van der Waals surface area contributed by atoms with Crippen LogP contribution in [0.4, 0.5) is 0 Å². The molecule has 0 aromatic heterocycles. The van der Waals surface area contributed by atoms with E-state index in [4.69, 9.17) is 19.6 Å². The molecule has 1 aromatic carbocycles. The predicted octanol–water partition coefficient (Wildman–Crippen LogP) is 2.51. The van der Waals surface area contributed by atoms with Crippen LogP contribution in [0.2, 0.25) is 0 Å². The molecule has 90 valence electrons. The van der Waals surface area contributed by atoms with Crippen molar-refractivity contribution in [3.63, 3.8) is 0 Å². The molecule has 0 atom stereocenters. The lowest BCUT2D eigenvalue weighted by atomic mass is 10.3. The fourth-order valence-corrected chi connectivity index (χ4v) is 1.04. The van der Waals surface area contributed by atoms with Gasteiger partial charge in [-0.1, -0.05) is 0 Å². The van der Waals surface area contributed by atoms with Crippen molar-refractivity contribution in [3.8, 4) is 11.5 Å². The van der Waals surface area contributed by atoms with Gasteiger partial charge in [0.1, 0.15) is 11.5 Å². The van der Waals surface area contributed by atoms with Gasteiger partial charge in [-0.05, 0) is 31.2 Å². The second-order valence-electron chi connectivity index (χ2n) is 2.82. The summed E-state index contributed by atoms with van der Waals surface area (Å²) in [4.78, 5) is 0. The largest absolute Gasteiger partial charge is 0.497 e. The van der Waals surface area contributed by atoms with E-state index >= 15 is 0 Å². The molecular weight excluding hydrogens is 230 g/mol. The molecule has 0 spiro atoms. The van der Waals surface area contributed by atoms with Gasteiger partial charge in [0.15, 0.2) is 6.61 Å². The van der Waals surface area contributed by atoms with Gasteiger partial charge in [-0.3, -0.25) is 5.41 Å². The molecule has 1 rings (SSSR count). The molecule has 16 heavy (non-hydrogen) atoms. The van der Waals surface area contributed by atoms with Gasteiger partial charge >= 0.3 is 0 Å². The molecular formula is C11H16ClNO3. The van der Waals surface area contributed by atoms with Crippen LogP contribution in [0.25, 0.3) is 0 Å². The van der Waals surface area contributed by atoms with Crippen molar-refractivity contribution in [2.75, 3.05) is 20.3 Å². The van der Waals surface area contributed by atoms with Crippen LogP contribution in [-0.4, -0.2) is 26.2 Å². The first-order chi connectivity index (χ1) is 7.26. The third kappa shape index (κ3) is 4.89. The number of hydrogen-bond acceptors (Lipinski definition) is 4. The molecule has 0 aliphatic heterocycles. The zero-order chi connectivity index (χ0) is 11.1. The van der Waals surface area contributed by atoms with Gasteiger partial charge in [0, 0.05) is 0 Å².